The minimum absolute atomic E-state index is 0.196. The van der Waals surface area contributed by atoms with Crippen LogP contribution in [0.15, 0.2) is 15.7 Å². The smallest absolute Gasteiger partial charge is 0.328 e. The molecular weight excluding hydrogens is 184 g/mol. The van der Waals surface area contributed by atoms with Gasteiger partial charge in [-0.25, -0.2) is 4.79 Å². The second-order valence-corrected chi connectivity index (χ2v) is 3.25. The predicted octanol–water partition coefficient (Wildman–Crippen LogP) is 0.336. The van der Waals surface area contributed by atoms with E-state index in [2.05, 4.69) is 9.97 Å². The standard InChI is InChI=1S/C9H10N2O3/c12-7-6(5-3-1-2-4-5)8(13)11-9(14)10-7/h3H,1-2,4H2,(H3,10,11,12,13,14). The third kappa shape index (κ3) is 1.37. The SMILES string of the molecule is O=c1[nH]c(O)c(C2=CCCC2)c(=O)[nH]1. The van der Waals surface area contributed by atoms with Gasteiger partial charge < -0.3 is 5.11 Å². The predicted molar refractivity (Wildman–Crippen MR) is 51.2 cm³/mol. The van der Waals surface area contributed by atoms with Gasteiger partial charge in [0.05, 0.1) is 0 Å². The highest BCUT2D eigenvalue weighted by Crippen LogP contribution is 2.28. The molecule has 0 saturated heterocycles. The minimum Gasteiger partial charge on any atom is -0.494 e. The summed E-state index contributed by atoms with van der Waals surface area (Å²) in [4.78, 5) is 26.4. The summed E-state index contributed by atoms with van der Waals surface area (Å²) in [6.07, 6.45) is 4.56. The van der Waals surface area contributed by atoms with Crippen molar-refractivity contribution in [3.8, 4) is 5.88 Å². The molecule has 0 amide bonds. The molecule has 0 aliphatic heterocycles. The average Bonchev–Trinajstić information content (AvgIpc) is 2.54. The van der Waals surface area contributed by atoms with E-state index in [1.807, 2.05) is 6.08 Å². The molecule has 0 bridgehead atoms. The molecule has 0 fully saturated rings. The monoisotopic (exact) mass is 194 g/mol. The van der Waals surface area contributed by atoms with Gasteiger partial charge in [0.15, 0.2) is 0 Å². The molecule has 1 aromatic heterocycles. The van der Waals surface area contributed by atoms with Crippen LogP contribution in [0.2, 0.25) is 0 Å². The van der Waals surface area contributed by atoms with Crippen LogP contribution in [-0.2, 0) is 0 Å². The Balaban J connectivity index is 2.63. The van der Waals surface area contributed by atoms with E-state index in [1.165, 1.54) is 0 Å². The summed E-state index contributed by atoms with van der Waals surface area (Å²) in [5.74, 6) is -0.341. The van der Waals surface area contributed by atoms with Crippen molar-refractivity contribution in [3.63, 3.8) is 0 Å². The van der Waals surface area contributed by atoms with Gasteiger partial charge in [-0.3, -0.25) is 14.8 Å². The Labute approximate surface area is 79.1 Å². The van der Waals surface area contributed by atoms with Crippen LogP contribution in [0.25, 0.3) is 5.57 Å². The van der Waals surface area contributed by atoms with Gasteiger partial charge in [-0.15, -0.1) is 0 Å². The van der Waals surface area contributed by atoms with Crippen LogP contribution in [0.5, 0.6) is 5.88 Å². The number of hydrogen-bond acceptors (Lipinski definition) is 3. The van der Waals surface area contributed by atoms with Gasteiger partial charge in [-0.2, -0.15) is 0 Å². The Morgan fingerprint density at radius 3 is 2.64 bits per heavy atom. The fourth-order valence-corrected chi connectivity index (χ4v) is 1.67. The molecule has 0 radical (unpaired) electrons. The lowest BCUT2D eigenvalue weighted by molar-refractivity contribution is 0.446. The molecule has 2 rings (SSSR count). The van der Waals surface area contributed by atoms with Crippen LogP contribution in [0, 0.1) is 0 Å². The van der Waals surface area contributed by atoms with Crippen LogP contribution in [0.4, 0.5) is 0 Å². The van der Waals surface area contributed by atoms with Crippen molar-refractivity contribution in [2.75, 3.05) is 0 Å². The van der Waals surface area contributed by atoms with E-state index in [0.717, 1.165) is 24.8 Å². The summed E-state index contributed by atoms with van der Waals surface area (Å²) >= 11 is 0. The Morgan fingerprint density at radius 2 is 2.07 bits per heavy atom. The molecule has 14 heavy (non-hydrogen) atoms. The number of aromatic amines is 2. The molecular formula is C9H10N2O3. The van der Waals surface area contributed by atoms with E-state index in [-0.39, 0.29) is 11.4 Å². The number of allylic oxidation sites excluding steroid dienone is 2. The second-order valence-electron chi connectivity index (χ2n) is 3.25. The van der Waals surface area contributed by atoms with Crippen molar-refractivity contribution in [1.82, 2.24) is 9.97 Å². The first-order valence-electron chi connectivity index (χ1n) is 4.43. The second kappa shape index (κ2) is 3.17. The van der Waals surface area contributed by atoms with Crippen LogP contribution >= 0.6 is 0 Å². The lowest BCUT2D eigenvalue weighted by Crippen LogP contribution is -2.24. The van der Waals surface area contributed by atoms with E-state index < -0.39 is 11.2 Å². The first-order valence-corrected chi connectivity index (χ1v) is 4.43. The van der Waals surface area contributed by atoms with E-state index in [0.29, 0.717) is 0 Å². The Kier molecular flexibility index (Phi) is 1.99. The highest BCUT2D eigenvalue weighted by molar-refractivity contribution is 5.69. The van der Waals surface area contributed by atoms with Crippen molar-refractivity contribution in [2.45, 2.75) is 19.3 Å². The molecule has 0 aromatic carbocycles. The molecule has 1 aliphatic carbocycles. The summed E-state index contributed by atoms with van der Waals surface area (Å²) < 4.78 is 0. The van der Waals surface area contributed by atoms with Gasteiger partial charge in [0.2, 0.25) is 5.88 Å². The molecule has 1 aromatic rings. The zero-order valence-electron chi connectivity index (χ0n) is 7.46. The van der Waals surface area contributed by atoms with E-state index in [9.17, 15) is 14.7 Å². The third-order valence-corrected chi connectivity index (χ3v) is 2.28. The third-order valence-electron chi connectivity index (χ3n) is 2.28. The zero-order chi connectivity index (χ0) is 10.1. The van der Waals surface area contributed by atoms with Crippen molar-refractivity contribution in [1.29, 1.82) is 0 Å². The van der Waals surface area contributed by atoms with Gasteiger partial charge in [0.25, 0.3) is 5.56 Å². The molecule has 1 heterocycles. The van der Waals surface area contributed by atoms with Crippen molar-refractivity contribution < 1.29 is 5.11 Å². The lowest BCUT2D eigenvalue weighted by atomic mass is 10.1. The maximum Gasteiger partial charge on any atom is 0.328 e. The van der Waals surface area contributed by atoms with Gasteiger partial charge in [-0.05, 0) is 24.8 Å². The maximum absolute atomic E-state index is 11.4. The topological polar surface area (TPSA) is 85.9 Å². The van der Waals surface area contributed by atoms with Crippen LogP contribution in [0.3, 0.4) is 0 Å². The number of hydrogen-bond donors (Lipinski definition) is 3. The Bertz CT molecular complexity index is 496. The Morgan fingerprint density at radius 1 is 1.29 bits per heavy atom. The molecule has 3 N–H and O–H groups in total. The number of nitrogens with one attached hydrogen (secondary N) is 2. The minimum atomic E-state index is -0.685. The van der Waals surface area contributed by atoms with Crippen LogP contribution < -0.4 is 11.2 Å². The van der Waals surface area contributed by atoms with Crippen molar-refractivity contribution in [3.05, 3.63) is 32.5 Å². The Hall–Kier alpha value is -1.78. The number of aromatic hydroxyl groups is 1. The molecule has 0 spiro atoms. The van der Waals surface area contributed by atoms with E-state index >= 15 is 0 Å². The van der Waals surface area contributed by atoms with E-state index in [4.69, 9.17) is 0 Å². The molecule has 0 saturated carbocycles. The van der Waals surface area contributed by atoms with Gasteiger partial charge >= 0.3 is 5.69 Å². The summed E-state index contributed by atoms with van der Waals surface area (Å²) in [7, 11) is 0. The fraction of sp³-hybridized carbons (Fsp3) is 0.333. The number of H-pyrrole nitrogens is 2. The molecule has 5 heteroatoms. The largest absolute Gasteiger partial charge is 0.494 e. The first-order chi connectivity index (χ1) is 6.68. The fourth-order valence-electron chi connectivity index (χ4n) is 1.67. The van der Waals surface area contributed by atoms with Crippen molar-refractivity contribution in [2.24, 2.45) is 0 Å². The molecule has 1 aliphatic rings. The number of rotatable bonds is 1. The van der Waals surface area contributed by atoms with Gasteiger partial charge in [0.1, 0.15) is 5.56 Å². The molecule has 5 nitrogen and oxygen atoms in total. The van der Waals surface area contributed by atoms with Gasteiger partial charge in [-0.1, -0.05) is 6.08 Å². The first kappa shape index (κ1) is 8.80. The maximum atomic E-state index is 11.4. The average molecular weight is 194 g/mol. The van der Waals surface area contributed by atoms with E-state index in [1.54, 1.807) is 0 Å². The summed E-state index contributed by atoms with van der Waals surface area (Å²) in [6, 6.07) is 0. The van der Waals surface area contributed by atoms with Crippen LogP contribution in [0.1, 0.15) is 24.8 Å². The summed E-state index contributed by atoms with van der Waals surface area (Å²) in [5.41, 5.74) is -0.212. The normalized spacial score (nSPS) is 15.6. The zero-order valence-corrected chi connectivity index (χ0v) is 7.46. The van der Waals surface area contributed by atoms with Gasteiger partial charge in [0, 0.05) is 0 Å². The number of aromatic nitrogens is 2. The lowest BCUT2D eigenvalue weighted by Gasteiger charge is -2.02. The highest BCUT2D eigenvalue weighted by Gasteiger charge is 2.15. The summed E-state index contributed by atoms with van der Waals surface area (Å²) in [6.45, 7) is 0. The molecule has 74 valence electrons. The molecule has 0 unspecified atom stereocenters. The van der Waals surface area contributed by atoms with Crippen LogP contribution in [-0.4, -0.2) is 15.1 Å². The summed E-state index contributed by atoms with van der Waals surface area (Å²) in [5, 5.41) is 9.42. The van der Waals surface area contributed by atoms with Crippen molar-refractivity contribution >= 4 is 5.57 Å². The quantitative estimate of drug-likeness (QED) is 0.602. The molecule has 0 atom stereocenters. The highest BCUT2D eigenvalue weighted by atomic mass is 16.3.